The Morgan fingerprint density at radius 1 is 1.38 bits per heavy atom. The summed E-state index contributed by atoms with van der Waals surface area (Å²) in [6.07, 6.45) is 6.26. The summed E-state index contributed by atoms with van der Waals surface area (Å²) in [6, 6.07) is 0.0242. The van der Waals surface area contributed by atoms with E-state index in [1.807, 2.05) is 42.8 Å². The molecule has 1 atom stereocenters. The molecule has 0 saturated carbocycles. The van der Waals surface area contributed by atoms with Gasteiger partial charge in [0.15, 0.2) is 5.78 Å². The molecule has 1 unspecified atom stereocenters. The van der Waals surface area contributed by atoms with Crippen LogP contribution in [0.3, 0.4) is 0 Å². The maximum atomic E-state index is 12.4. The van der Waals surface area contributed by atoms with Crippen LogP contribution < -0.4 is 0 Å². The monoisotopic (exact) mass is 333 g/mol. The lowest BCUT2D eigenvalue weighted by atomic mass is 10.1. The molecule has 1 aliphatic heterocycles. The molecule has 0 bridgehead atoms. The zero-order valence-electron chi connectivity index (χ0n) is 15.7. The van der Waals surface area contributed by atoms with Gasteiger partial charge in [-0.05, 0) is 26.9 Å². The van der Waals surface area contributed by atoms with Gasteiger partial charge in [-0.15, -0.1) is 0 Å². The van der Waals surface area contributed by atoms with Gasteiger partial charge < -0.3 is 14.7 Å². The fourth-order valence-corrected chi connectivity index (χ4v) is 2.69. The van der Waals surface area contributed by atoms with Gasteiger partial charge in [0.1, 0.15) is 0 Å². The highest BCUT2D eigenvalue weighted by molar-refractivity contribution is 5.93. The first-order chi connectivity index (χ1) is 11.3. The largest absolute Gasteiger partial charge is 0.339 e. The van der Waals surface area contributed by atoms with Crippen LogP contribution in [0.25, 0.3) is 0 Å². The van der Waals surface area contributed by atoms with Gasteiger partial charge in [0.25, 0.3) is 0 Å². The molecule has 24 heavy (non-hydrogen) atoms. The summed E-state index contributed by atoms with van der Waals surface area (Å²) >= 11 is 0. The zero-order valence-corrected chi connectivity index (χ0v) is 15.7. The molecule has 0 aromatic heterocycles. The molecular formula is C19H31N3O2. The predicted molar refractivity (Wildman–Crippen MR) is 98.4 cm³/mol. The maximum Gasteiger partial charge on any atom is 0.246 e. The third-order valence-corrected chi connectivity index (χ3v) is 4.26. The van der Waals surface area contributed by atoms with E-state index >= 15 is 0 Å². The number of hydrogen-bond donors (Lipinski definition) is 0. The molecule has 0 N–H and O–H groups in total. The van der Waals surface area contributed by atoms with Gasteiger partial charge in [-0.2, -0.15) is 0 Å². The minimum absolute atomic E-state index is 0.00310. The molecule has 5 nitrogen and oxygen atoms in total. The van der Waals surface area contributed by atoms with Crippen molar-refractivity contribution >= 4 is 11.7 Å². The van der Waals surface area contributed by atoms with Crippen LogP contribution in [-0.4, -0.2) is 65.7 Å². The third-order valence-electron chi connectivity index (χ3n) is 4.26. The predicted octanol–water partition coefficient (Wildman–Crippen LogP) is 2.42. The van der Waals surface area contributed by atoms with E-state index in [4.69, 9.17) is 0 Å². The number of hydrogen-bond acceptors (Lipinski definition) is 4. The van der Waals surface area contributed by atoms with Crippen molar-refractivity contribution in [3.05, 3.63) is 36.2 Å². The first-order valence-electron chi connectivity index (χ1n) is 8.63. The Morgan fingerprint density at radius 3 is 2.58 bits per heavy atom. The number of nitrogens with zero attached hydrogens (tertiary/aromatic N) is 3. The highest BCUT2D eigenvalue weighted by Gasteiger charge is 2.30. The molecule has 1 fully saturated rings. The number of ketones is 1. The second kappa shape index (κ2) is 9.42. The average Bonchev–Trinajstić information content (AvgIpc) is 2.53. The molecule has 5 heteroatoms. The smallest absolute Gasteiger partial charge is 0.246 e. The van der Waals surface area contributed by atoms with E-state index in [0.717, 1.165) is 25.2 Å². The summed E-state index contributed by atoms with van der Waals surface area (Å²) in [5, 5.41) is 0. The lowest BCUT2D eigenvalue weighted by Crippen LogP contribution is -2.52. The summed E-state index contributed by atoms with van der Waals surface area (Å²) in [7, 11) is 2.02. The van der Waals surface area contributed by atoms with Gasteiger partial charge in [-0.3, -0.25) is 9.59 Å². The Kier molecular flexibility index (Phi) is 7.92. The normalized spacial score (nSPS) is 19.5. The number of piperazine rings is 1. The van der Waals surface area contributed by atoms with E-state index in [1.165, 1.54) is 0 Å². The molecule has 1 aliphatic rings. The molecule has 134 valence electrons. The van der Waals surface area contributed by atoms with Crippen LogP contribution >= 0.6 is 0 Å². The Labute approximate surface area is 146 Å². The van der Waals surface area contributed by atoms with Crippen LogP contribution in [-0.2, 0) is 9.59 Å². The first-order valence-corrected chi connectivity index (χ1v) is 8.63. The quantitative estimate of drug-likeness (QED) is 0.671. The van der Waals surface area contributed by atoms with Crippen LogP contribution in [0.1, 0.15) is 34.1 Å². The highest BCUT2D eigenvalue weighted by Crippen LogP contribution is 2.23. The van der Waals surface area contributed by atoms with Gasteiger partial charge in [-0.25, -0.2) is 0 Å². The van der Waals surface area contributed by atoms with Gasteiger partial charge in [0.2, 0.25) is 5.91 Å². The standard InChI is InChI=1S/C19H31N3O2/c1-7-10-18(17(5)23)21-13-16(4)22(14-15(21)3)19(24)11-9-12-20(6)8-2/h9-11,16H,3,7-8,12-14H2,1-2,4-6H3/b11-9+,18-10-. The van der Waals surface area contributed by atoms with E-state index < -0.39 is 0 Å². The minimum Gasteiger partial charge on any atom is -0.339 e. The molecule has 0 spiro atoms. The van der Waals surface area contributed by atoms with Crippen molar-refractivity contribution < 1.29 is 9.59 Å². The third kappa shape index (κ3) is 5.34. The summed E-state index contributed by atoms with van der Waals surface area (Å²) in [6.45, 7) is 14.5. The van der Waals surface area contributed by atoms with Gasteiger partial charge in [0, 0.05) is 37.8 Å². The SMILES string of the molecule is C=C1CN(C(=O)/C=C/CN(C)CC)C(C)CN1/C(=C\CC)C(C)=O. The number of allylic oxidation sites excluding steroid dienone is 2. The Morgan fingerprint density at radius 2 is 2.04 bits per heavy atom. The number of carbonyl (C=O) groups excluding carboxylic acids is 2. The molecule has 1 heterocycles. The highest BCUT2D eigenvalue weighted by atomic mass is 16.2. The van der Waals surface area contributed by atoms with Crippen LogP contribution in [0.15, 0.2) is 36.2 Å². The van der Waals surface area contributed by atoms with E-state index in [1.54, 1.807) is 13.0 Å². The molecule has 1 amide bonds. The summed E-state index contributed by atoms with van der Waals surface area (Å²) in [5.41, 5.74) is 1.47. The van der Waals surface area contributed by atoms with Gasteiger partial charge in [0.05, 0.1) is 12.2 Å². The number of amides is 1. The van der Waals surface area contributed by atoms with E-state index in [0.29, 0.717) is 18.8 Å². The second-order valence-corrected chi connectivity index (χ2v) is 6.30. The number of carbonyl (C=O) groups is 2. The fraction of sp³-hybridized carbons (Fsp3) is 0.579. The van der Waals surface area contributed by atoms with Crippen LogP contribution in [0.4, 0.5) is 0 Å². The van der Waals surface area contributed by atoms with E-state index in [9.17, 15) is 9.59 Å². The fourth-order valence-electron chi connectivity index (χ4n) is 2.69. The summed E-state index contributed by atoms with van der Waals surface area (Å²) < 4.78 is 0. The summed E-state index contributed by atoms with van der Waals surface area (Å²) in [5.74, 6) is 0.0316. The van der Waals surface area contributed by atoms with Crippen molar-refractivity contribution in [3.8, 4) is 0 Å². The molecule has 0 aromatic carbocycles. The number of Topliss-reactive ketones (excluding diaryl/α,β-unsaturated/α-hetero) is 1. The van der Waals surface area contributed by atoms with E-state index in [-0.39, 0.29) is 17.7 Å². The van der Waals surface area contributed by atoms with Gasteiger partial charge >= 0.3 is 0 Å². The molecule has 1 saturated heterocycles. The maximum absolute atomic E-state index is 12.4. The van der Waals surface area contributed by atoms with Crippen molar-refractivity contribution in [1.82, 2.24) is 14.7 Å². The van der Waals surface area contributed by atoms with Crippen molar-refractivity contribution in [1.29, 1.82) is 0 Å². The number of rotatable bonds is 7. The topological polar surface area (TPSA) is 43.9 Å². The van der Waals surface area contributed by atoms with Crippen molar-refractivity contribution in [3.63, 3.8) is 0 Å². The van der Waals surface area contributed by atoms with Crippen molar-refractivity contribution in [2.24, 2.45) is 0 Å². The van der Waals surface area contributed by atoms with Crippen LogP contribution in [0.2, 0.25) is 0 Å². The molecule has 0 radical (unpaired) electrons. The molecule has 0 aliphatic carbocycles. The van der Waals surface area contributed by atoms with Crippen LogP contribution in [0, 0.1) is 0 Å². The van der Waals surface area contributed by atoms with Crippen molar-refractivity contribution in [2.75, 3.05) is 33.2 Å². The molecule has 0 aromatic rings. The minimum atomic E-state index is -0.00310. The summed E-state index contributed by atoms with van der Waals surface area (Å²) in [4.78, 5) is 30.2. The lowest BCUT2D eigenvalue weighted by molar-refractivity contribution is -0.129. The van der Waals surface area contributed by atoms with Crippen molar-refractivity contribution in [2.45, 2.75) is 40.2 Å². The molecular weight excluding hydrogens is 302 g/mol. The Balaban J connectivity index is 2.78. The Bertz CT molecular complexity index is 537. The van der Waals surface area contributed by atoms with Crippen LogP contribution in [0.5, 0.6) is 0 Å². The molecule has 1 rings (SSSR count). The average molecular weight is 333 g/mol. The number of likely N-dealkylation sites (N-methyl/N-ethyl adjacent to an activating group) is 1. The Hall–Kier alpha value is -1.88. The van der Waals surface area contributed by atoms with E-state index in [2.05, 4.69) is 18.4 Å². The lowest BCUT2D eigenvalue weighted by Gasteiger charge is -2.42. The zero-order chi connectivity index (χ0) is 18.3. The second-order valence-electron chi connectivity index (χ2n) is 6.30. The first kappa shape index (κ1) is 20.2. The van der Waals surface area contributed by atoms with Gasteiger partial charge in [-0.1, -0.05) is 32.6 Å².